The van der Waals surface area contributed by atoms with Crippen LogP contribution in [0.1, 0.15) is 37.1 Å². The third-order valence-electron chi connectivity index (χ3n) is 4.30. The summed E-state index contributed by atoms with van der Waals surface area (Å²) in [4.78, 5) is 14.0. The Hall–Kier alpha value is -1.35. The number of fused-ring (bicyclic) bond motifs is 2. The number of hydrogen-bond acceptors (Lipinski definition) is 3. The molecule has 2 nitrogen and oxygen atoms in total. The van der Waals surface area contributed by atoms with E-state index in [1.54, 1.807) is 0 Å². The zero-order valence-corrected chi connectivity index (χ0v) is 13.0. The van der Waals surface area contributed by atoms with Crippen LogP contribution in [0.25, 0.3) is 10.1 Å². The third-order valence-corrected chi connectivity index (χ3v) is 5.52. The van der Waals surface area contributed by atoms with Crippen molar-refractivity contribution in [3.05, 3.63) is 38.9 Å². The second kappa shape index (κ2) is 5.57. The average molecular weight is 287 g/mol. The van der Waals surface area contributed by atoms with E-state index in [0.29, 0.717) is 0 Å². The van der Waals surface area contributed by atoms with Gasteiger partial charge in [-0.2, -0.15) is 0 Å². The quantitative estimate of drug-likeness (QED) is 0.916. The number of benzene rings is 1. The Morgan fingerprint density at radius 1 is 1.35 bits per heavy atom. The summed E-state index contributed by atoms with van der Waals surface area (Å²) in [6.07, 6.45) is 4.45. The topological polar surface area (TPSA) is 29.1 Å². The molecule has 0 fully saturated rings. The summed E-state index contributed by atoms with van der Waals surface area (Å²) in [5.41, 5.74) is 2.47. The minimum atomic E-state index is 0.270. The van der Waals surface area contributed by atoms with E-state index in [0.717, 1.165) is 46.6 Å². The lowest BCUT2D eigenvalue weighted by Gasteiger charge is -2.22. The zero-order chi connectivity index (χ0) is 14.1. The van der Waals surface area contributed by atoms with Gasteiger partial charge in [0.1, 0.15) is 0 Å². The lowest BCUT2D eigenvalue weighted by atomic mass is 9.87. The second-order valence-electron chi connectivity index (χ2n) is 5.59. The number of rotatable bonds is 3. The molecule has 0 saturated carbocycles. The molecule has 0 aliphatic heterocycles. The molecule has 1 aliphatic carbocycles. The molecule has 1 aromatic carbocycles. The van der Waals surface area contributed by atoms with Gasteiger partial charge >= 0.3 is 0 Å². The highest BCUT2D eigenvalue weighted by Crippen LogP contribution is 2.32. The van der Waals surface area contributed by atoms with Crippen molar-refractivity contribution >= 4 is 27.1 Å². The molecule has 1 N–H and O–H groups in total. The molecule has 0 radical (unpaired) electrons. The van der Waals surface area contributed by atoms with Crippen LogP contribution in [0.4, 0.5) is 5.69 Å². The second-order valence-corrected chi connectivity index (χ2v) is 6.73. The number of anilines is 1. The molecule has 3 rings (SSSR count). The monoisotopic (exact) mass is 287 g/mol. The van der Waals surface area contributed by atoms with Crippen LogP contribution in [0.3, 0.4) is 0 Å². The fourth-order valence-corrected chi connectivity index (χ4v) is 4.43. The highest BCUT2D eigenvalue weighted by molar-refractivity contribution is 7.18. The van der Waals surface area contributed by atoms with Crippen LogP contribution in [-0.2, 0) is 12.8 Å². The van der Waals surface area contributed by atoms with Crippen molar-refractivity contribution in [2.45, 2.75) is 39.5 Å². The summed E-state index contributed by atoms with van der Waals surface area (Å²) in [6.45, 7) is 5.25. The zero-order valence-electron chi connectivity index (χ0n) is 12.2. The molecular weight excluding hydrogens is 266 g/mol. The Morgan fingerprint density at radius 2 is 2.20 bits per heavy atom. The lowest BCUT2D eigenvalue weighted by Crippen LogP contribution is -2.20. The Labute approximate surface area is 123 Å². The highest BCUT2D eigenvalue weighted by Gasteiger charge is 2.21. The van der Waals surface area contributed by atoms with E-state index in [1.165, 1.54) is 17.7 Å². The van der Waals surface area contributed by atoms with E-state index in [-0.39, 0.29) is 5.43 Å². The van der Waals surface area contributed by atoms with Crippen molar-refractivity contribution < 1.29 is 0 Å². The predicted octanol–water partition coefficient (Wildman–Crippen LogP) is 4.21. The van der Waals surface area contributed by atoms with Gasteiger partial charge < -0.3 is 5.32 Å². The van der Waals surface area contributed by atoms with E-state index >= 15 is 0 Å². The van der Waals surface area contributed by atoms with Gasteiger partial charge in [0, 0.05) is 32.8 Å². The Bertz CT molecular complexity index is 689. The summed E-state index contributed by atoms with van der Waals surface area (Å²) in [6, 6.07) is 6.13. The molecule has 1 aliphatic rings. The van der Waals surface area contributed by atoms with Gasteiger partial charge in [0.2, 0.25) is 0 Å². The van der Waals surface area contributed by atoms with Gasteiger partial charge in [-0.25, -0.2) is 0 Å². The van der Waals surface area contributed by atoms with Crippen LogP contribution >= 0.6 is 11.3 Å². The maximum absolute atomic E-state index is 12.6. The van der Waals surface area contributed by atoms with Crippen LogP contribution < -0.4 is 10.7 Å². The van der Waals surface area contributed by atoms with Gasteiger partial charge in [0.15, 0.2) is 5.43 Å². The van der Waals surface area contributed by atoms with Gasteiger partial charge in [-0.05, 0) is 50.3 Å². The highest BCUT2D eigenvalue weighted by atomic mass is 32.1. The normalized spacial score (nSPS) is 18.0. The first kappa shape index (κ1) is 13.6. The fraction of sp³-hybridized carbons (Fsp3) is 0.471. The summed E-state index contributed by atoms with van der Waals surface area (Å²) >= 11 is 1.82. The summed E-state index contributed by atoms with van der Waals surface area (Å²) in [7, 11) is 0. The van der Waals surface area contributed by atoms with Crippen molar-refractivity contribution in [1.82, 2.24) is 0 Å². The molecule has 0 bridgehead atoms. The molecule has 106 valence electrons. The fourth-order valence-electron chi connectivity index (χ4n) is 3.07. The molecular formula is C17H21NOS. The standard InChI is InChI=1S/C17H21NOS/c1-3-11-5-7-13-15(9-11)20-16-10-12(18-4-2)6-8-14(16)17(13)19/h6,8,10-11,18H,3-5,7,9H2,1-2H3. The number of hydrogen-bond donors (Lipinski definition) is 1. The lowest BCUT2D eigenvalue weighted by molar-refractivity contribution is 0.448. The average Bonchev–Trinajstić information content (AvgIpc) is 2.47. The SMILES string of the molecule is CCNc1ccc2c(=O)c3c(sc2c1)CC(CC)CC3. The maximum Gasteiger partial charge on any atom is 0.191 e. The van der Waals surface area contributed by atoms with E-state index in [2.05, 4.69) is 25.2 Å². The van der Waals surface area contributed by atoms with Crippen molar-refractivity contribution in [3.63, 3.8) is 0 Å². The van der Waals surface area contributed by atoms with Crippen LogP contribution in [-0.4, -0.2) is 6.54 Å². The molecule has 0 amide bonds. The van der Waals surface area contributed by atoms with E-state index in [9.17, 15) is 4.79 Å². The third kappa shape index (κ3) is 2.35. The van der Waals surface area contributed by atoms with E-state index in [1.807, 2.05) is 23.5 Å². The number of nitrogens with one attached hydrogen (secondary N) is 1. The van der Waals surface area contributed by atoms with Crippen LogP contribution in [0.5, 0.6) is 0 Å². The largest absolute Gasteiger partial charge is 0.385 e. The Balaban J connectivity index is 2.13. The van der Waals surface area contributed by atoms with Crippen molar-refractivity contribution in [1.29, 1.82) is 0 Å². The first-order valence-corrected chi connectivity index (χ1v) is 8.37. The molecule has 1 heterocycles. The van der Waals surface area contributed by atoms with Crippen LogP contribution in [0.15, 0.2) is 23.0 Å². The minimum Gasteiger partial charge on any atom is -0.385 e. The van der Waals surface area contributed by atoms with Crippen LogP contribution in [0.2, 0.25) is 0 Å². The molecule has 1 unspecified atom stereocenters. The molecule has 1 atom stereocenters. The van der Waals surface area contributed by atoms with Gasteiger partial charge in [0.25, 0.3) is 0 Å². The summed E-state index contributed by atoms with van der Waals surface area (Å²) < 4.78 is 1.13. The molecule has 0 spiro atoms. The summed E-state index contributed by atoms with van der Waals surface area (Å²) in [5.74, 6) is 0.757. The van der Waals surface area contributed by atoms with Gasteiger partial charge in [-0.3, -0.25) is 4.79 Å². The van der Waals surface area contributed by atoms with Crippen molar-refractivity contribution in [2.75, 3.05) is 11.9 Å². The van der Waals surface area contributed by atoms with E-state index in [4.69, 9.17) is 0 Å². The minimum absolute atomic E-state index is 0.270. The first-order valence-electron chi connectivity index (χ1n) is 7.55. The van der Waals surface area contributed by atoms with Gasteiger partial charge in [-0.15, -0.1) is 11.3 Å². The van der Waals surface area contributed by atoms with Crippen molar-refractivity contribution in [3.8, 4) is 0 Å². The Morgan fingerprint density at radius 3 is 2.95 bits per heavy atom. The van der Waals surface area contributed by atoms with Crippen molar-refractivity contribution in [2.24, 2.45) is 5.92 Å². The van der Waals surface area contributed by atoms with Gasteiger partial charge in [0.05, 0.1) is 0 Å². The first-order chi connectivity index (χ1) is 9.72. The molecule has 3 heteroatoms. The Kier molecular flexibility index (Phi) is 3.79. The molecule has 2 aromatic rings. The van der Waals surface area contributed by atoms with E-state index < -0.39 is 0 Å². The van der Waals surface area contributed by atoms with Gasteiger partial charge in [-0.1, -0.05) is 13.3 Å². The predicted molar refractivity (Wildman–Crippen MR) is 88.1 cm³/mol. The maximum atomic E-state index is 12.6. The molecule has 20 heavy (non-hydrogen) atoms. The van der Waals surface area contributed by atoms with Crippen LogP contribution in [0, 0.1) is 5.92 Å². The smallest absolute Gasteiger partial charge is 0.191 e. The summed E-state index contributed by atoms with van der Waals surface area (Å²) in [5, 5.41) is 4.22. The molecule has 1 aromatic heterocycles. The molecule has 0 saturated heterocycles.